The summed E-state index contributed by atoms with van der Waals surface area (Å²) in [7, 11) is 0. The molecule has 0 spiro atoms. The highest BCUT2D eigenvalue weighted by Gasteiger charge is 2.16. The Bertz CT molecular complexity index is 1470. The number of anilines is 1. The predicted octanol–water partition coefficient (Wildman–Crippen LogP) is 7.10. The van der Waals surface area contributed by atoms with E-state index in [4.69, 9.17) is 21.6 Å². The molecule has 8 heteroatoms. The first kappa shape index (κ1) is 22.7. The van der Waals surface area contributed by atoms with Crippen molar-refractivity contribution in [3.05, 3.63) is 113 Å². The summed E-state index contributed by atoms with van der Waals surface area (Å²) in [5.74, 6) is 0.702. The second-order valence-electron chi connectivity index (χ2n) is 7.97. The van der Waals surface area contributed by atoms with Crippen molar-refractivity contribution in [2.45, 2.75) is 13.0 Å². The van der Waals surface area contributed by atoms with Crippen LogP contribution in [-0.2, 0) is 0 Å². The number of aromatic nitrogens is 4. The Balaban J connectivity index is 1.56. The first-order chi connectivity index (χ1) is 17.0. The number of hydrogen-bond donors (Lipinski definition) is 1. The van der Waals surface area contributed by atoms with Crippen LogP contribution in [-0.4, -0.2) is 19.5 Å². The summed E-state index contributed by atoms with van der Waals surface area (Å²) in [5, 5.41) is 3.33. The van der Waals surface area contributed by atoms with Crippen molar-refractivity contribution in [1.82, 2.24) is 19.5 Å². The van der Waals surface area contributed by atoms with Crippen molar-refractivity contribution in [2.75, 3.05) is 5.32 Å². The molecule has 0 aliphatic carbocycles. The number of halogens is 3. The lowest BCUT2D eigenvalue weighted by Gasteiger charge is -2.15. The van der Waals surface area contributed by atoms with Gasteiger partial charge in [-0.1, -0.05) is 41.9 Å². The highest BCUT2D eigenvalue weighted by molar-refractivity contribution is 6.31. The lowest BCUT2D eigenvalue weighted by atomic mass is 10.1. The summed E-state index contributed by atoms with van der Waals surface area (Å²) in [6.45, 7) is 2.03. The van der Waals surface area contributed by atoms with Gasteiger partial charge in [-0.15, -0.1) is 0 Å². The summed E-state index contributed by atoms with van der Waals surface area (Å²) in [4.78, 5) is 13.8. The van der Waals surface area contributed by atoms with E-state index in [1.54, 1.807) is 41.2 Å². The lowest BCUT2D eigenvalue weighted by Crippen LogP contribution is -2.10. The van der Waals surface area contributed by atoms with Crippen LogP contribution in [0.1, 0.15) is 18.5 Å². The Kier molecular flexibility index (Phi) is 6.25. The Morgan fingerprint density at radius 2 is 1.63 bits per heavy atom. The van der Waals surface area contributed by atoms with Crippen molar-refractivity contribution in [2.24, 2.45) is 0 Å². The minimum Gasteiger partial charge on any atom is -0.348 e. The minimum absolute atomic E-state index is 0.00352. The maximum atomic E-state index is 13.7. The molecule has 2 aromatic heterocycles. The van der Waals surface area contributed by atoms with Crippen LogP contribution in [0.4, 0.5) is 14.7 Å². The summed E-state index contributed by atoms with van der Waals surface area (Å²) >= 11 is 6.00. The average Bonchev–Trinajstić information content (AvgIpc) is 3.32. The molecule has 0 saturated heterocycles. The van der Waals surface area contributed by atoms with Crippen molar-refractivity contribution < 1.29 is 8.78 Å². The van der Waals surface area contributed by atoms with E-state index in [1.807, 2.05) is 37.3 Å². The van der Waals surface area contributed by atoms with Crippen molar-refractivity contribution in [3.63, 3.8) is 0 Å². The summed E-state index contributed by atoms with van der Waals surface area (Å²) in [6.07, 6.45) is 3.44. The molecule has 0 radical (unpaired) electrons. The SMILES string of the molecule is C[C@H](Nc1nccc(-n2cc(-c3ccc(F)c(Cl)c3)nc2-c2ccc(F)cc2)n1)c1ccccc1. The second kappa shape index (κ2) is 9.64. The zero-order chi connectivity index (χ0) is 24.4. The molecule has 0 aliphatic heterocycles. The van der Waals surface area contributed by atoms with Gasteiger partial charge in [-0.05, 0) is 61.0 Å². The fraction of sp³-hybridized carbons (Fsp3) is 0.0741. The third-order valence-electron chi connectivity index (χ3n) is 5.56. The molecule has 0 aliphatic rings. The van der Waals surface area contributed by atoms with E-state index >= 15 is 0 Å². The van der Waals surface area contributed by atoms with Crippen LogP contribution in [0.5, 0.6) is 0 Å². The van der Waals surface area contributed by atoms with Gasteiger partial charge in [0, 0.05) is 23.5 Å². The van der Waals surface area contributed by atoms with E-state index in [0.29, 0.717) is 34.4 Å². The molecule has 0 bridgehead atoms. The first-order valence-corrected chi connectivity index (χ1v) is 11.3. The maximum absolute atomic E-state index is 13.7. The number of benzene rings is 3. The fourth-order valence-electron chi connectivity index (χ4n) is 3.72. The molecular formula is C27H20ClF2N5. The molecule has 35 heavy (non-hydrogen) atoms. The third-order valence-corrected chi connectivity index (χ3v) is 5.85. The van der Waals surface area contributed by atoms with Gasteiger partial charge in [0.15, 0.2) is 0 Å². The predicted molar refractivity (Wildman–Crippen MR) is 133 cm³/mol. The Morgan fingerprint density at radius 3 is 2.37 bits per heavy atom. The number of nitrogens with zero attached hydrogens (tertiary/aromatic N) is 4. The van der Waals surface area contributed by atoms with Gasteiger partial charge in [-0.3, -0.25) is 4.57 Å². The topological polar surface area (TPSA) is 55.6 Å². The lowest BCUT2D eigenvalue weighted by molar-refractivity contribution is 0.628. The van der Waals surface area contributed by atoms with E-state index in [-0.39, 0.29) is 16.9 Å². The highest BCUT2D eigenvalue weighted by Crippen LogP contribution is 2.30. The molecule has 0 fully saturated rings. The van der Waals surface area contributed by atoms with Gasteiger partial charge in [0.1, 0.15) is 23.3 Å². The molecule has 0 saturated carbocycles. The van der Waals surface area contributed by atoms with Crippen molar-refractivity contribution >= 4 is 17.5 Å². The Morgan fingerprint density at radius 1 is 0.886 bits per heavy atom. The molecule has 1 atom stereocenters. The maximum Gasteiger partial charge on any atom is 0.225 e. The largest absolute Gasteiger partial charge is 0.348 e. The average molecular weight is 488 g/mol. The van der Waals surface area contributed by atoms with E-state index in [1.165, 1.54) is 24.3 Å². The molecule has 0 amide bonds. The number of rotatable bonds is 6. The Hall–Kier alpha value is -4.10. The number of nitrogens with one attached hydrogen (secondary N) is 1. The standard InChI is InChI=1S/C27H20ClF2N5/c1-17(18-5-3-2-4-6-18)32-27-31-14-13-25(34-27)35-16-24(20-9-12-23(30)22(28)15-20)33-26(35)19-7-10-21(29)11-8-19/h2-17H,1H3,(H,31,32,34)/t17-/m0/s1. The molecule has 5 aromatic rings. The zero-order valence-corrected chi connectivity index (χ0v) is 19.4. The number of imidazole rings is 1. The monoisotopic (exact) mass is 487 g/mol. The van der Waals surface area contributed by atoms with Crippen molar-refractivity contribution in [1.29, 1.82) is 0 Å². The highest BCUT2D eigenvalue weighted by atomic mass is 35.5. The van der Waals surface area contributed by atoms with Gasteiger partial charge in [-0.2, -0.15) is 4.98 Å². The molecular weight excluding hydrogens is 468 g/mol. The third kappa shape index (κ3) is 4.90. The first-order valence-electron chi connectivity index (χ1n) is 10.9. The van der Waals surface area contributed by atoms with E-state index in [0.717, 1.165) is 5.56 Å². The van der Waals surface area contributed by atoms with Gasteiger partial charge < -0.3 is 5.32 Å². The van der Waals surface area contributed by atoms with Crippen LogP contribution < -0.4 is 5.32 Å². The van der Waals surface area contributed by atoms with E-state index in [2.05, 4.69) is 10.3 Å². The van der Waals surface area contributed by atoms with Gasteiger partial charge in [0.25, 0.3) is 0 Å². The van der Waals surface area contributed by atoms with Crippen molar-refractivity contribution in [3.8, 4) is 28.5 Å². The smallest absolute Gasteiger partial charge is 0.225 e. The van der Waals surface area contributed by atoms with Gasteiger partial charge in [0.2, 0.25) is 5.95 Å². The fourth-order valence-corrected chi connectivity index (χ4v) is 3.90. The molecule has 174 valence electrons. The van der Waals surface area contributed by atoms with E-state index in [9.17, 15) is 8.78 Å². The molecule has 3 aromatic carbocycles. The molecule has 5 nitrogen and oxygen atoms in total. The molecule has 0 unspecified atom stereocenters. The van der Waals surface area contributed by atoms with Crippen LogP contribution in [0, 0.1) is 11.6 Å². The quantitative estimate of drug-likeness (QED) is 0.277. The van der Waals surface area contributed by atoms with Gasteiger partial charge >= 0.3 is 0 Å². The van der Waals surface area contributed by atoms with Crippen LogP contribution in [0.25, 0.3) is 28.5 Å². The molecule has 2 heterocycles. The minimum atomic E-state index is -0.507. The normalized spacial score (nSPS) is 11.9. The molecule has 5 rings (SSSR count). The van der Waals surface area contributed by atoms with Crippen LogP contribution in [0.2, 0.25) is 5.02 Å². The number of hydrogen-bond acceptors (Lipinski definition) is 4. The summed E-state index contributed by atoms with van der Waals surface area (Å²) < 4.78 is 29.1. The van der Waals surface area contributed by atoms with Gasteiger partial charge in [0.05, 0.1) is 16.8 Å². The van der Waals surface area contributed by atoms with E-state index < -0.39 is 5.82 Å². The zero-order valence-electron chi connectivity index (χ0n) is 18.7. The summed E-state index contributed by atoms with van der Waals surface area (Å²) in [6, 6.07) is 22.2. The Labute approximate surface area is 206 Å². The summed E-state index contributed by atoms with van der Waals surface area (Å²) in [5.41, 5.74) is 3.00. The van der Waals surface area contributed by atoms with Crippen LogP contribution in [0.15, 0.2) is 91.3 Å². The second-order valence-corrected chi connectivity index (χ2v) is 8.38. The van der Waals surface area contributed by atoms with Gasteiger partial charge in [-0.25, -0.2) is 18.7 Å². The van der Waals surface area contributed by atoms with Crippen LogP contribution in [0.3, 0.4) is 0 Å². The molecule has 1 N–H and O–H groups in total. The van der Waals surface area contributed by atoms with Crippen LogP contribution >= 0.6 is 11.6 Å².